The Morgan fingerprint density at radius 2 is 2.17 bits per heavy atom. The van der Waals surface area contributed by atoms with E-state index in [4.69, 9.17) is 32.7 Å². The van der Waals surface area contributed by atoms with Crippen LogP contribution in [-0.2, 0) is 9.47 Å². The summed E-state index contributed by atoms with van der Waals surface area (Å²) in [6.07, 6.45) is 5.14. The van der Waals surface area contributed by atoms with E-state index in [-0.39, 0.29) is 5.38 Å². The number of hydrogen-bond donors (Lipinski definition) is 0. The lowest BCUT2D eigenvalue weighted by atomic mass is 10.1. The normalized spacial score (nSPS) is 34.7. The van der Waals surface area contributed by atoms with Crippen LogP contribution in [0.4, 0.5) is 0 Å². The van der Waals surface area contributed by atoms with E-state index in [0.717, 1.165) is 0 Å². The molecule has 0 aliphatic heterocycles. The third kappa shape index (κ3) is 1.76. The van der Waals surface area contributed by atoms with Gasteiger partial charge in [0.15, 0.2) is 5.06 Å². The summed E-state index contributed by atoms with van der Waals surface area (Å²) in [5, 5.41) is -1.36. The minimum Gasteiger partial charge on any atom is -0.497 e. The van der Waals surface area contributed by atoms with Gasteiger partial charge in [0.1, 0.15) is 5.76 Å². The van der Waals surface area contributed by atoms with E-state index in [2.05, 4.69) is 0 Å². The van der Waals surface area contributed by atoms with Crippen LogP contribution in [0.2, 0.25) is 0 Å². The zero-order valence-corrected chi connectivity index (χ0v) is 8.39. The van der Waals surface area contributed by atoms with E-state index >= 15 is 0 Å². The van der Waals surface area contributed by atoms with Crippen molar-refractivity contribution in [2.45, 2.75) is 10.4 Å². The van der Waals surface area contributed by atoms with Crippen LogP contribution in [0, 0.1) is 0 Å². The minimum absolute atomic E-state index is 0.372. The highest BCUT2D eigenvalue weighted by Crippen LogP contribution is 2.32. The molecule has 0 N–H and O–H groups in total. The van der Waals surface area contributed by atoms with Crippen LogP contribution >= 0.6 is 23.2 Å². The Morgan fingerprint density at radius 3 is 2.67 bits per heavy atom. The SMILES string of the molecule is COC1=CC(Cl)(OC)C(Cl)C=C1. The van der Waals surface area contributed by atoms with Gasteiger partial charge >= 0.3 is 0 Å². The maximum Gasteiger partial charge on any atom is 0.183 e. The molecule has 2 unspecified atom stereocenters. The van der Waals surface area contributed by atoms with Crippen molar-refractivity contribution in [2.75, 3.05) is 14.2 Å². The summed E-state index contributed by atoms with van der Waals surface area (Å²) >= 11 is 11.9. The van der Waals surface area contributed by atoms with Crippen molar-refractivity contribution < 1.29 is 9.47 Å². The first-order chi connectivity index (χ1) is 5.62. The van der Waals surface area contributed by atoms with Gasteiger partial charge < -0.3 is 9.47 Å². The van der Waals surface area contributed by atoms with E-state index in [1.54, 1.807) is 25.3 Å². The second-order valence-corrected chi connectivity index (χ2v) is 3.47. The number of alkyl halides is 2. The molecule has 0 amide bonds. The number of methoxy groups -OCH3 is 2. The first-order valence-corrected chi connectivity index (χ1v) is 4.27. The van der Waals surface area contributed by atoms with Crippen LogP contribution in [0.5, 0.6) is 0 Å². The second kappa shape index (κ2) is 3.69. The zero-order chi connectivity index (χ0) is 9.19. The van der Waals surface area contributed by atoms with Gasteiger partial charge in [0.25, 0.3) is 0 Å². The highest BCUT2D eigenvalue weighted by molar-refractivity contribution is 6.33. The Balaban J connectivity index is 2.88. The van der Waals surface area contributed by atoms with Crippen molar-refractivity contribution in [3.8, 4) is 0 Å². The Hall–Kier alpha value is -0.180. The largest absolute Gasteiger partial charge is 0.497 e. The summed E-state index contributed by atoms with van der Waals surface area (Å²) in [6.45, 7) is 0. The maximum absolute atomic E-state index is 6.02. The van der Waals surface area contributed by atoms with Crippen LogP contribution in [-0.4, -0.2) is 24.7 Å². The highest BCUT2D eigenvalue weighted by Gasteiger charge is 2.35. The molecule has 4 heteroatoms. The van der Waals surface area contributed by atoms with Gasteiger partial charge in [-0.25, -0.2) is 0 Å². The molecule has 1 aliphatic carbocycles. The van der Waals surface area contributed by atoms with Crippen LogP contribution in [0.15, 0.2) is 24.0 Å². The average Bonchev–Trinajstić information content (AvgIpc) is 2.10. The third-order valence-corrected chi connectivity index (χ3v) is 2.77. The molecule has 2 atom stereocenters. The molecular formula is C8H10Cl2O2. The van der Waals surface area contributed by atoms with Gasteiger partial charge in [-0.15, -0.1) is 11.6 Å². The molecule has 0 radical (unpaired) electrons. The van der Waals surface area contributed by atoms with E-state index in [9.17, 15) is 0 Å². The molecule has 0 fully saturated rings. The van der Waals surface area contributed by atoms with Crippen molar-refractivity contribution >= 4 is 23.2 Å². The van der Waals surface area contributed by atoms with Gasteiger partial charge in [-0.05, 0) is 6.08 Å². The summed E-state index contributed by atoms with van der Waals surface area (Å²) in [5.41, 5.74) is 0. The Kier molecular flexibility index (Phi) is 3.04. The lowest BCUT2D eigenvalue weighted by Gasteiger charge is -2.28. The molecular weight excluding hydrogens is 199 g/mol. The van der Waals surface area contributed by atoms with Gasteiger partial charge in [0.05, 0.1) is 12.5 Å². The Bertz CT molecular complexity index is 225. The first-order valence-electron chi connectivity index (χ1n) is 3.45. The molecule has 68 valence electrons. The van der Waals surface area contributed by atoms with E-state index in [1.165, 1.54) is 7.11 Å². The summed E-state index contributed by atoms with van der Waals surface area (Å²) < 4.78 is 10.0. The van der Waals surface area contributed by atoms with Crippen molar-refractivity contribution in [1.29, 1.82) is 0 Å². The molecule has 0 saturated carbocycles. The van der Waals surface area contributed by atoms with Crippen molar-refractivity contribution in [3.63, 3.8) is 0 Å². The molecule has 0 heterocycles. The van der Waals surface area contributed by atoms with E-state index in [0.29, 0.717) is 5.76 Å². The summed E-state index contributed by atoms with van der Waals surface area (Å²) in [7, 11) is 3.07. The fourth-order valence-corrected chi connectivity index (χ4v) is 1.34. The van der Waals surface area contributed by atoms with Crippen molar-refractivity contribution in [2.24, 2.45) is 0 Å². The second-order valence-electron chi connectivity index (χ2n) is 2.41. The fourth-order valence-electron chi connectivity index (χ4n) is 0.931. The molecule has 0 bridgehead atoms. The molecule has 1 rings (SSSR count). The van der Waals surface area contributed by atoms with Gasteiger partial charge in [-0.1, -0.05) is 17.7 Å². The number of rotatable bonds is 2. The van der Waals surface area contributed by atoms with E-state index < -0.39 is 5.06 Å². The molecule has 0 aromatic heterocycles. The number of ether oxygens (including phenoxy) is 2. The van der Waals surface area contributed by atoms with Crippen LogP contribution in [0.25, 0.3) is 0 Å². The predicted molar refractivity (Wildman–Crippen MR) is 49.5 cm³/mol. The standard InChI is InChI=1S/C8H10Cl2O2/c1-11-6-3-4-7(9)8(10,5-6)12-2/h3-5,7H,1-2H3. The lowest BCUT2D eigenvalue weighted by molar-refractivity contribution is 0.103. The summed E-state index contributed by atoms with van der Waals surface area (Å²) in [4.78, 5) is 0. The number of allylic oxidation sites excluding steroid dienone is 1. The minimum atomic E-state index is -0.984. The smallest absolute Gasteiger partial charge is 0.183 e. The van der Waals surface area contributed by atoms with Gasteiger partial charge in [0.2, 0.25) is 0 Å². The Morgan fingerprint density at radius 1 is 1.50 bits per heavy atom. The molecule has 0 aromatic rings. The predicted octanol–water partition coefficient (Wildman–Crippen LogP) is 2.28. The number of hydrogen-bond acceptors (Lipinski definition) is 2. The molecule has 0 saturated heterocycles. The van der Waals surface area contributed by atoms with Crippen molar-refractivity contribution in [3.05, 3.63) is 24.0 Å². The quantitative estimate of drug-likeness (QED) is 0.649. The lowest BCUT2D eigenvalue weighted by Crippen LogP contribution is -2.33. The summed E-state index contributed by atoms with van der Waals surface area (Å²) in [6, 6.07) is 0. The zero-order valence-electron chi connectivity index (χ0n) is 6.88. The fraction of sp³-hybridized carbons (Fsp3) is 0.500. The highest BCUT2D eigenvalue weighted by atomic mass is 35.5. The Labute approximate surface area is 81.7 Å². The molecule has 0 spiro atoms. The van der Waals surface area contributed by atoms with Crippen molar-refractivity contribution in [1.82, 2.24) is 0 Å². The molecule has 0 aromatic carbocycles. The maximum atomic E-state index is 6.02. The number of halogens is 2. The van der Waals surface area contributed by atoms with E-state index in [1.807, 2.05) is 0 Å². The molecule has 1 aliphatic rings. The molecule has 2 nitrogen and oxygen atoms in total. The third-order valence-electron chi connectivity index (χ3n) is 1.69. The van der Waals surface area contributed by atoms with Gasteiger partial charge in [-0.2, -0.15) is 0 Å². The average molecular weight is 209 g/mol. The first kappa shape index (κ1) is 9.90. The van der Waals surface area contributed by atoms with Gasteiger partial charge in [0, 0.05) is 13.2 Å². The summed E-state index contributed by atoms with van der Waals surface area (Å²) in [5.74, 6) is 0.656. The van der Waals surface area contributed by atoms with Crippen LogP contribution < -0.4 is 0 Å². The van der Waals surface area contributed by atoms with Crippen LogP contribution in [0.1, 0.15) is 0 Å². The van der Waals surface area contributed by atoms with Gasteiger partial charge in [-0.3, -0.25) is 0 Å². The topological polar surface area (TPSA) is 18.5 Å². The molecule has 12 heavy (non-hydrogen) atoms. The van der Waals surface area contributed by atoms with Crippen LogP contribution in [0.3, 0.4) is 0 Å². The monoisotopic (exact) mass is 208 g/mol.